The number of aliphatic hydroxyl groups is 6. The quantitative estimate of drug-likeness (QED) is 0.212. The van der Waals surface area contributed by atoms with E-state index in [0.717, 1.165) is 5.56 Å². The van der Waals surface area contributed by atoms with Crippen LogP contribution in [0.3, 0.4) is 0 Å². The SMILES string of the molecule is COc1cc([C@H]2c3c(cc(OC)c(O[C@@H]4O[C@H](CO)[C@@H](O)[C@H](O)[C@H]4O)c3OC)C[C@@H](CO)[C@@H]2CO)ccc1O. The highest BCUT2D eigenvalue weighted by molar-refractivity contribution is 5.63. The van der Waals surface area contributed by atoms with E-state index in [2.05, 4.69) is 0 Å². The minimum atomic E-state index is -1.67. The van der Waals surface area contributed by atoms with Gasteiger partial charge in [-0.05, 0) is 47.6 Å². The average molecular weight is 553 g/mol. The molecule has 0 unspecified atom stereocenters. The van der Waals surface area contributed by atoms with Gasteiger partial charge in [-0.25, -0.2) is 0 Å². The molecule has 0 bridgehead atoms. The molecule has 8 atom stereocenters. The van der Waals surface area contributed by atoms with E-state index in [9.17, 15) is 35.7 Å². The van der Waals surface area contributed by atoms with Crippen molar-refractivity contribution in [1.29, 1.82) is 0 Å². The minimum Gasteiger partial charge on any atom is -0.504 e. The number of methoxy groups -OCH3 is 3. The zero-order valence-electron chi connectivity index (χ0n) is 21.9. The van der Waals surface area contributed by atoms with E-state index < -0.39 is 49.1 Å². The lowest BCUT2D eigenvalue weighted by atomic mass is 9.66. The Hall–Kier alpha value is -2.84. The lowest BCUT2D eigenvalue weighted by Crippen LogP contribution is -2.60. The summed E-state index contributed by atoms with van der Waals surface area (Å²) >= 11 is 0. The Balaban J connectivity index is 1.89. The Morgan fingerprint density at radius 2 is 1.54 bits per heavy atom. The van der Waals surface area contributed by atoms with Gasteiger partial charge in [-0.3, -0.25) is 0 Å². The van der Waals surface area contributed by atoms with Crippen molar-refractivity contribution in [3.05, 3.63) is 41.0 Å². The van der Waals surface area contributed by atoms with E-state index in [1.807, 2.05) is 0 Å². The van der Waals surface area contributed by atoms with Crippen molar-refractivity contribution in [2.24, 2.45) is 11.8 Å². The molecule has 0 aromatic heterocycles. The van der Waals surface area contributed by atoms with E-state index in [1.165, 1.54) is 27.4 Å². The summed E-state index contributed by atoms with van der Waals surface area (Å²) in [6, 6.07) is 6.52. The van der Waals surface area contributed by atoms with Gasteiger partial charge in [0.1, 0.15) is 24.4 Å². The van der Waals surface area contributed by atoms with Crippen LogP contribution in [0.15, 0.2) is 24.3 Å². The molecule has 0 radical (unpaired) electrons. The highest BCUT2D eigenvalue weighted by Gasteiger charge is 2.46. The summed E-state index contributed by atoms with van der Waals surface area (Å²) in [7, 11) is 4.24. The summed E-state index contributed by atoms with van der Waals surface area (Å²) in [5, 5.41) is 71.4. The van der Waals surface area contributed by atoms with Gasteiger partial charge < -0.3 is 59.4 Å². The van der Waals surface area contributed by atoms with Crippen LogP contribution in [-0.4, -0.2) is 108 Å². The van der Waals surface area contributed by atoms with Crippen LogP contribution in [0.4, 0.5) is 0 Å². The molecule has 39 heavy (non-hydrogen) atoms. The van der Waals surface area contributed by atoms with Crippen molar-refractivity contribution in [2.45, 2.75) is 43.0 Å². The Kier molecular flexibility index (Phi) is 9.07. The summed E-state index contributed by atoms with van der Waals surface area (Å²) in [4.78, 5) is 0. The number of fused-ring (bicyclic) bond motifs is 1. The van der Waals surface area contributed by atoms with Crippen molar-refractivity contribution in [3.63, 3.8) is 0 Å². The highest BCUT2D eigenvalue weighted by atomic mass is 16.7. The predicted octanol–water partition coefficient (Wildman–Crippen LogP) is -0.498. The Morgan fingerprint density at radius 1 is 0.821 bits per heavy atom. The van der Waals surface area contributed by atoms with Crippen LogP contribution in [0.25, 0.3) is 0 Å². The maximum absolute atomic E-state index is 10.6. The number of benzene rings is 2. The van der Waals surface area contributed by atoms with Crippen molar-refractivity contribution in [1.82, 2.24) is 0 Å². The molecule has 2 aromatic carbocycles. The molecule has 2 aromatic rings. The van der Waals surface area contributed by atoms with Gasteiger partial charge in [-0.2, -0.15) is 0 Å². The number of phenolic OH excluding ortho intramolecular Hbond substituents is 1. The molecule has 0 amide bonds. The Labute approximate surface area is 225 Å². The third kappa shape index (κ3) is 5.21. The van der Waals surface area contributed by atoms with Crippen LogP contribution < -0.4 is 18.9 Å². The summed E-state index contributed by atoms with van der Waals surface area (Å²) in [6.07, 6.45) is -7.20. The first kappa shape index (κ1) is 29.2. The molecule has 216 valence electrons. The maximum Gasteiger partial charge on any atom is 0.229 e. The van der Waals surface area contributed by atoms with E-state index in [4.69, 9.17) is 23.7 Å². The van der Waals surface area contributed by atoms with Gasteiger partial charge in [0.2, 0.25) is 12.0 Å². The lowest BCUT2D eigenvalue weighted by molar-refractivity contribution is -0.277. The minimum absolute atomic E-state index is 0.0259. The number of hydrogen-bond donors (Lipinski definition) is 7. The van der Waals surface area contributed by atoms with Crippen molar-refractivity contribution in [2.75, 3.05) is 41.2 Å². The summed E-state index contributed by atoms with van der Waals surface area (Å²) in [5.41, 5.74) is 2.05. The van der Waals surface area contributed by atoms with Crippen LogP contribution in [-0.2, 0) is 11.2 Å². The normalized spacial score (nSPS) is 30.4. The summed E-state index contributed by atoms with van der Waals surface area (Å²) < 4.78 is 28.3. The third-order valence-electron chi connectivity index (χ3n) is 7.67. The van der Waals surface area contributed by atoms with Gasteiger partial charge in [-0.1, -0.05) is 6.07 Å². The van der Waals surface area contributed by atoms with Crippen LogP contribution in [0, 0.1) is 11.8 Å². The van der Waals surface area contributed by atoms with Crippen molar-refractivity contribution >= 4 is 0 Å². The van der Waals surface area contributed by atoms with E-state index in [0.29, 0.717) is 17.5 Å². The fraction of sp³-hybridized carbons (Fsp3) is 0.556. The van der Waals surface area contributed by atoms with Gasteiger partial charge in [0, 0.05) is 24.7 Å². The number of aromatic hydroxyl groups is 1. The van der Waals surface area contributed by atoms with E-state index in [-0.39, 0.29) is 47.9 Å². The van der Waals surface area contributed by atoms with Crippen molar-refractivity contribution < 1.29 is 59.4 Å². The monoisotopic (exact) mass is 552 g/mol. The van der Waals surface area contributed by atoms with Gasteiger partial charge in [0.05, 0.1) is 27.9 Å². The summed E-state index contributed by atoms with van der Waals surface area (Å²) in [6.45, 7) is -1.09. The van der Waals surface area contributed by atoms with Crippen LogP contribution >= 0.6 is 0 Å². The molecule has 2 aliphatic rings. The van der Waals surface area contributed by atoms with Gasteiger partial charge in [0.15, 0.2) is 23.0 Å². The first-order chi connectivity index (χ1) is 18.7. The largest absolute Gasteiger partial charge is 0.504 e. The maximum atomic E-state index is 10.6. The molecule has 1 saturated heterocycles. The fourth-order valence-electron chi connectivity index (χ4n) is 5.61. The topological polar surface area (TPSA) is 188 Å². The van der Waals surface area contributed by atoms with Crippen molar-refractivity contribution in [3.8, 4) is 28.7 Å². The molecule has 7 N–H and O–H groups in total. The first-order valence-electron chi connectivity index (χ1n) is 12.6. The summed E-state index contributed by atoms with van der Waals surface area (Å²) in [5.74, 6) is -0.733. The van der Waals surface area contributed by atoms with Gasteiger partial charge >= 0.3 is 0 Å². The van der Waals surface area contributed by atoms with Crippen LogP contribution in [0.5, 0.6) is 28.7 Å². The number of hydrogen-bond acceptors (Lipinski definition) is 12. The third-order valence-corrected chi connectivity index (χ3v) is 7.67. The van der Waals surface area contributed by atoms with Gasteiger partial charge in [-0.15, -0.1) is 0 Å². The molecular formula is C27H36O12. The molecule has 12 nitrogen and oxygen atoms in total. The zero-order valence-corrected chi connectivity index (χ0v) is 21.9. The number of rotatable bonds is 9. The Morgan fingerprint density at radius 3 is 2.13 bits per heavy atom. The van der Waals surface area contributed by atoms with Crippen LogP contribution in [0.2, 0.25) is 0 Å². The number of phenols is 1. The lowest BCUT2D eigenvalue weighted by Gasteiger charge is -2.41. The fourth-order valence-corrected chi connectivity index (χ4v) is 5.61. The van der Waals surface area contributed by atoms with E-state index in [1.54, 1.807) is 18.2 Å². The molecule has 1 aliphatic heterocycles. The van der Waals surface area contributed by atoms with Gasteiger partial charge in [0.25, 0.3) is 0 Å². The average Bonchev–Trinajstić information content (AvgIpc) is 2.96. The predicted molar refractivity (Wildman–Crippen MR) is 135 cm³/mol. The standard InChI is InChI=1S/C27H36O12/c1-35-17-7-12(4-5-16(17)31)20-15(10-29)14(9-28)6-13-8-18(36-2)25(26(37-3)21(13)20)39-27-24(34)23(33)22(32)19(11-30)38-27/h4-5,7-8,14-15,19-20,22-24,27-34H,6,9-11H2,1-3H3/t14-,15-,19+,20+,22+,23-,24+,27-/m0/s1. The molecule has 1 heterocycles. The smallest absolute Gasteiger partial charge is 0.229 e. The van der Waals surface area contributed by atoms with E-state index >= 15 is 0 Å². The molecule has 1 aliphatic carbocycles. The second-order valence-corrected chi connectivity index (χ2v) is 9.73. The molecule has 0 spiro atoms. The first-order valence-corrected chi connectivity index (χ1v) is 12.6. The highest BCUT2D eigenvalue weighted by Crippen LogP contribution is 2.54. The molecule has 12 heteroatoms. The molecule has 4 rings (SSSR count). The zero-order chi connectivity index (χ0) is 28.4. The number of ether oxygens (including phenoxy) is 5. The molecule has 1 fully saturated rings. The number of aliphatic hydroxyl groups excluding tert-OH is 6. The molecule has 0 saturated carbocycles. The second kappa shape index (κ2) is 12.1. The van der Waals surface area contributed by atoms with Crippen LogP contribution in [0.1, 0.15) is 22.6 Å². The molecular weight excluding hydrogens is 516 g/mol. The second-order valence-electron chi connectivity index (χ2n) is 9.73. The Bertz CT molecular complexity index is 1140.